The van der Waals surface area contributed by atoms with Gasteiger partial charge in [0, 0.05) is 37.1 Å². The smallest absolute Gasteiger partial charge is 0.188 e. The van der Waals surface area contributed by atoms with Crippen molar-refractivity contribution in [2.24, 2.45) is 0 Å². The van der Waals surface area contributed by atoms with Crippen LogP contribution in [0.3, 0.4) is 0 Å². The van der Waals surface area contributed by atoms with Crippen molar-refractivity contribution in [3.63, 3.8) is 0 Å². The van der Waals surface area contributed by atoms with Gasteiger partial charge in [0.05, 0.1) is 0 Å². The Bertz CT molecular complexity index is 652. The number of hydrogen-bond acceptors (Lipinski definition) is 0. The Hall–Kier alpha value is -1.12. The van der Waals surface area contributed by atoms with Crippen LogP contribution < -0.4 is 9.13 Å². The zero-order valence-corrected chi connectivity index (χ0v) is 21.8. The molecule has 0 aliphatic carbocycles. The van der Waals surface area contributed by atoms with Crippen LogP contribution in [-0.2, 0) is 12.8 Å². The second-order valence-electron chi connectivity index (χ2n) is 9.08. The van der Waals surface area contributed by atoms with Crippen LogP contribution in [0.4, 0.5) is 0 Å². The van der Waals surface area contributed by atoms with Crippen molar-refractivity contribution >= 4 is 23.2 Å². The highest BCUT2D eigenvalue weighted by Crippen LogP contribution is 2.18. The molecule has 0 saturated carbocycles. The maximum atomic E-state index is 6.57. The van der Waals surface area contributed by atoms with E-state index in [1.54, 1.807) is 0 Å². The summed E-state index contributed by atoms with van der Waals surface area (Å²) >= 11 is 13.1. The van der Waals surface area contributed by atoms with E-state index in [1.807, 2.05) is 0 Å². The summed E-state index contributed by atoms with van der Waals surface area (Å²) in [5.41, 5.74) is 2.95. The van der Waals surface area contributed by atoms with Gasteiger partial charge in [-0.05, 0) is 60.0 Å². The summed E-state index contributed by atoms with van der Waals surface area (Å²) in [6.45, 7) is 4.43. The fraction of sp³-hybridized carbons (Fsp3) is 0.643. The van der Waals surface area contributed by atoms with E-state index in [4.69, 9.17) is 23.2 Å². The number of halogens is 2. The molecular formula is C28H44Cl2N2+2. The molecule has 4 heteroatoms. The molecule has 2 heterocycles. The van der Waals surface area contributed by atoms with Gasteiger partial charge in [-0.25, -0.2) is 0 Å². The van der Waals surface area contributed by atoms with E-state index < -0.39 is 0 Å². The Morgan fingerprint density at radius 2 is 0.875 bits per heavy atom. The molecular weight excluding hydrogens is 435 g/mol. The van der Waals surface area contributed by atoms with Crippen molar-refractivity contribution < 1.29 is 9.13 Å². The molecule has 178 valence electrons. The highest BCUT2D eigenvalue weighted by atomic mass is 35.5. The zero-order valence-electron chi connectivity index (χ0n) is 20.3. The molecule has 2 aromatic heterocycles. The number of unbranched alkanes of at least 4 members (excludes halogenated alkanes) is 7. The van der Waals surface area contributed by atoms with Crippen molar-refractivity contribution in [2.75, 3.05) is 0 Å². The van der Waals surface area contributed by atoms with Crippen LogP contribution in [0.25, 0.3) is 0 Å². The number of pyridine rings is 2. The van der Waals surface area contributed by atoms with Crippen molar-refractivity contribution in [1.29, 1.82) is 0 Å². The zero-order chi connectivity index (χ0) is 23.0. The first kappa shape index (κ1) is 27.1. The molecule has 0 saturated heterocycles. The first-order chi connectivity index (χ1) is 15.6. The molecule has 0 bridgehead atoms. The minimum atomic E-state index is 0.0786. The maximum absolute atomic E-state index is 6.57. The molecule has 0 fully saturated rings. The van der Waals surface area contributed by atoms with Crippen LogP contribution >= 0.6 is 23.2 Å². The molecule has 2 atom stereocenters. The number of hydrogen-bond donors (Lipinski definition) is 0. The van der Waals surface area contributed by atoms with Crippen LogP contribution in [0.15, 0.2) is 49.1 Å². The lowest BCUT2D eigenvalue weighted by Crippen LogP contribution is -2.35. The van der Waals surface area contributed by atoms with Crippen LogP contribution in [0.5, 0.6) is 0 Å². The fourth-order valence-electron chi connectivity index (χ4n) is 4.21. The van der Waals surface area contributed by atoms with Gasteiger partial charge < -0.3 is 0 Å². The van der Waals surface area contributed by atoms with E-state index >= 15 is 0 Å². The number of nitrogens with zero attached hydrogens (tertiary/aromatic N) is 2. The van der Waals surface area contributed by atoms with Gasteiger partial charge in [0.1, 0.15) is 0 Å². The Balaban J connectivity index is 1.45. The molecule has 0 aliphatic rings. The number of aryl methyl sites for hydroxylation is 2. The summed E-state index contributed by atoms with van der Waals surface area (Å²) in [6.07, 6.45) is 25.6. The third-order valence-electron chi connectivity index (χ3n) is 6.20. The molecule has 2 nitrogen and oxygen atoms in total. The van der Waals surface area contributed by atoms with Crippen LogP contribution in [0.1, 0.15) is 113 Å². The van der Waals surface area contributed by atoms with Crippen molar-refractivity contribution in [2.45, 2.75) is 115 Å². The third-order valence-corrected chi connectivity index (χ3v) is 7.09. The Kier molecular flexibility index (Phi) is 14.0. The predicted octanol–water partition coefficient (Wildman–Crippen LogP) is 8.24. The first-order valence-electron chi connectivity index (χ1n) is 12.9. The average Bonchev–Trinajstić information content (AvgIpc) is 2.81. The lowest BCUT2D eigenvalue weighted by molar-refractivity contribution is -0.703. The molecule has 2 aromatic rings. The summed E-state index contributed by atoms with van der Waals surface area (Å²) in [5.74, 6) is 0. The maximum Gasteiger partial charge on any atom is 0.232 e. The second kappa shape index (κ2) is 16.5. The van der Waals surface area contributed by atoms with Crippen LogP contribution in [0.2, 0.25) is 0 Å². The van der Waals surface area contributed by atoms with E-state index in [0.29, 0.717) is 0 Å². The van der Waals surface area contributed by atoms with E-state index in [0.717, 1.165) is 25.7 Å². The first-order valence-corrected chi connectivity index (χ1v) is 13.8. The van der Waals surface area contributed by atoms with Crippen molar-refractivity contribution in [3.05, 3.63) is 60.2 Å². The summed E-state index contributed by atoms with van der Waals surface area (Å²) in [7, 11) is 0. The molecule has 2 unspecified atom stereocenters. The highest BCUT2D eigenvalue weighted by Gasteiger charge is 2.15. The normalized spacial score (nSPS) is 13.2. The van der Waals surface area contributed by atoms with E-state index in [-0.39, 0.29) is 11.0 Å². The van der Waals surface area contributed by atoms with Gasteiger partial charge in [-0.3, -0.25) is 0 Å². The minimum absolute atomic E-state index is 0.0786. The lowest BCUT2D eigenvalue weighted by atomic mass is 10.1. The van der Waals surface area contributed by atoms with Gasteiger partial charge in [0.25, 0.3) is 0 Å². The Labute approximate surface area is 207 Å². The van der Waals surface area contributed by atoms with Gasteiger partial charge in [-0.2, -0.15) is 9.13 Å². The third kappa shape index (κ3) is 10.7. The predicted molar refractivity (Wildman–Crippen MR) is 137 cm³/mol. The van der Waals surface area contributed by atoms with Gasteiger partial charge in [-0.1, -0.05) is 65.2 Å². The summed E-state index contributed by atoms with van der Waals surface area (Å²) in [4.78, 5) is 0. The molecule has 32 heavy (non-hydrogen) atoms. The van der Waals surface area contributed by atoms with Gasteiger partial charge in [0.15, 0.2) is 24.8 Å². The van der Waals surface area contributed by atoms with E-state index in [1.165, 1.54) is 75.3 Å². The molecule has 0 spiro atoms. The van der Waals surface area contributed by atoms with Gasteiger partial charge in [-0.15, -0.1) is 0 Å². The van der Waals surface area contributed by atoms with E-state index in [2.05, 4.69) is 72.0 Å². The van der Waals surface area contributed by atoms with Gasteiger partial charge >= 0.3 is 0 Å². The summed E-state index contributed by atoms with van der Waals surface area (Å²) in [6, 6.07) is 8.81. The van der Waals surface area contributed by atoms with Crippen LogP contribution in [0, 0.1) is 0 Å². The fourth-order valence-corrected chi connectivity index (χ4v) is 4.78. The highest BCUT2D eigenvalue weighted by molar-refractivity contribution is 6.18. The second-order valence-corrected chi connectivity index (χ2v) is 10.1. The summed E-state index contributed by atoms with van der Waals surface area (Å²) in [5, 5.41) is 0. The van der Waals surface area contributed by atoms with Gasteiger partial charge in [0.2, 0.25) is 11.0 Å². The number of aromatic nitrogens is 2. The number of alkyl halides is 2. The van der Waals surface area contributed by atoms with Crippen molar-refractivity contribution in [1.82, 2.24) is 0 Å². The standard InChI is InChI=1S/C28H44Cl2N2/c1-3-13-25-17-21-31(22-18-25)27(29)15-11-9-7-5-6-8-10-12-16-28(30)32-23-19-26(14-4-2)20-24-32/h17-24,27-28H,3-16H2,1-2H3/q+2. The van der Waals surface area contributed by atoms with E-state index in [9.17, 15) is 0 Å². The molecule has 0 aromatic carbocycles. The largest absolute Gasteiger partial charge is 0.232 e. The monoisotopic (exact) mass is 478 g/mol. The molecule has 0 N–H and O–H groups in total. The van der Waals surface area contributed by atoms with Crippen LogP contribution in [-0.4, -0.2) is 0 Å². The molecule has 2 rings (SSSR count). The quantitative estimate of drug-likeness (QED) is 0.123. The minimum Gasteiger partial charge on any atom is -0.188 e. The summed E-state index contributed by atoms with van der Waals surface area (Å²) < 4.78 is 4.28. The lowest BCUT2D eigenvalue weighted by Gasteiger charge is -2.07. The van der Waals surface area contributed by atoms with Crippen molar-refractivity contribution in [3.8, 4) is 0 Å². The Morgan fingerprint density at radius 3 is 1.19 bits per heavy atom. The molecule has 0 amide bonds. The average molecular weight is 480 g/mol. The molecule has 0 radical (unpaired) electrons. The molecule has 0 aliphatic heterocycles. The Morgan fingerprint density at radius 1 is 0.562 bits per heavy atom. The number of rotatable bonds is 17. The topological polar surface area (TPSA) is 7.76 Å². The SMILES string of the molecule is CCCc1cc[n+](C(Cl)CCCCCCCCCCC(Cl)[n+]2ccc(CCC)cc2)cc1.